The van der Waals surface area contributed by atoms with E-state index in [1.165, 1.54) is 31.2 Å². The summed E-state index contributed by atoms with van der Waals surface area (Å²) in [4.78, 5) is 9.25. The topological polar surface area (TPSA) is 45.2 Å². The van der Waals surface area contributed by atoms with Gasteiger partial charge in [-0.3, -0.25) is 0 Å². The molecule has 1 fully saturated rings. The maximum Gasteiger partial charge on any atom is 0.251 e. The largest absolute Gasteiger partial charge is 0.355 e. The molecule has 0 bridgehead atoms. The quantitative estimate of drug-likeness (QED) is 0.861. The van der Waals surface area contributed by atoms with Gasteiger partial charge in [0.2, 0.25) is 0 Å². The van der Waals surface area contributed by atoms with Crippen LogP contribution in [0.4, 0.5) is 17.5 Å². The summed E-state index contributed by atoms with van der Waals surface area (Å²) in [7, 11) is 0. The molecule has 3 rings (SSSR count). The van der Waals surface area contributed by atoms with E-state index in [-0.39, 0.29) is 0 Å². The van der Waals surface area contributed by atoms with Gasteiger partial charge in [-0.1, -0.05) is 25.0 Å². The van der Waals surface area contributed by atoms with Crippen LogP contribution in [0, 0.1) is 6.92 Å². The molecule has 0 radical (unpaired) electrons. The summed E-state index contributed by atoms with van der Waals surface area (Å²) in [6.45, 7) is 7.16. The van der Waals surface area contributed by atoms with E-state index in [0.29, 0.717) is 5.95 Å². The molecule has 0 unspecified atom stereocenters. The minimum absolute atomic E-state index is 0.680. The third-order valence-corrected chi connectivity index (χ3v) is 4.34. The Labute approximate surface area is 138 Å². The molecule has 1 aliphatic rings. The summed E-state index contributed by atoms with van der Waals surface area (Å²) in [5.41, 5.74) is 2.35. The number of hydrogen-bond acceptors (Lipinski definition) is 5. The molecule has 0 N–H and O–H groups in total. The van der Waals surface area contributed by atoms with Crippen molar-refractivity contribution in [2.45, 2.75) is 39.5 Å². The Kier molecular flexibility index (Phi) is 5.05. The van der Waals surface area contributed by atoms with Gasteiger partial charge in [-0.15, -0.1) is 5.10 Å². The van der Waals surface area contributed by atoms with E-state index < -0.39 is 0 Å². The second-order valence-electron chi connectivity index (χ2n) is 6.10. The monoisotopic (exact) mass is 311 g/mol. The summed E-state index contributed by atoms with van der Waals surface area (Å²) in [6.07, 6.45) is 6.88. The Balaban J connectivity index is 1.87. The van der Waals surface area contributed by atoms with Crippen molar-refractivity contribution in [3.8, 4) is 0 Å². The average molecular weight is 311 g/mol. The van der Waals surface area contributed by atoms with Gasteiger partial charge in [0.05, 0.1) is 6.20 Å². The first-order chi connectivity index (χ1) is 11.3. The van der Waals surface area contributed by atoms with E-state index >= 15 is 0 Å². The lowest BCUT2D eigenvalue weighted by molar-refractivity contribution is 0.726. The van der Waals surface area contributed by atoms with E-state index in [2.05, 4.69) is 58.1 Å². The summed E-state index contributed by atoms with van der Waals surface area (Å²) < 4.78 is 0. The van der Waals surface area contributed by atoms with E-state index in [4.69, 9.17) is 4.98 Å². The van der Waals surface area contributed by atoms with Gasteiger partial charge < -0.3 is 9.80 Å². The van der Waals surface area contributed by atoms with Crippen LogP contribution in [0.2, 0.25) is 0 Å². The standard InChI is InChI=1S/C18H25N5/c1-3-23(16-10-8-9-15(2)13-16)18-20-17(14-19-21-18)22-11-6-4-5-7-12-22/h8-10,13-14H,3-7,11-12H2,1-2H3. The fourth-order valence-electron chi connectivity index (χ4n) is 3.09. The third kappa shape index (κ3) is 3.78. The highest BCUT2D eigenvalue weighted by atomic mass is 15.3. The highest BCUT2D eigenvalue weighted by molar-refractivity contribution is 5.58. The van der Waals surface area contributed by atoms with Crippen LogP contribution in [-0.2, 0) is 0 Å². The Morgan fingerprint density at radius 1 is 1.13 bits per heavy atom. The van der Waals surface area contributed by atoms with Gasteiger partial charge >= 0.3 is 0 Å². The molecular weight excluding hydrogens is 286 g/mol. The predicted molar refractivity (Wildman–Crippen MR) is 94.4 cm³/mol. The summed E-state index contributed by atoms with van der Waals surface area (Å²) in [5, 5.41) is 8.48. The van der Waals surface area contributed by atoms with E-state index in [0.717, 1.165) is 31.1 Å². The smallest absolute Gasteiger partial charge is 0.251 e. The number of hydrogen-bond donors (Lipinski definition) is 0. The van der Waals surface area contributed by atoms with Crippen LogP contribution >= 0.6 is 0 Å². The van der Waals surface area contributed by atoms with Crippen LogP contribution in [0.15, 0.2) is 30.5 Å². The van der Waals surface area contributed by atoms with Gasteiger partial charge in [-0.25, -0.2) is 0 Å². The van der Waals surface area contributed by atoms with Crippen molar-refractivity contribution >= 4 is 17.5 Å². The first kappa shape index (κ1) is 15.7. The summed E-state index contributed by atoms with van der Waals surface area (Å²) >= 11 is 0. The van der Waals surface area contributed by atoms with Gasteiger partial charge in [0.25, 0.3) is 5.95 Å². The van der Waals surface area contributed by atoms with Gasteiger partial charge in [0.1, 0.15) is 0 Å². The Bertz CT molecular complexity index is 635. The SMILES string of the molecule is CCN(c1cccc(C)c1)c1nncc(N2CCCCCC2)n1. The first-order valence-corrected chi connectivity index (χ1v) is 8.57. The van der Waals surface area contributed by atoms with Crippen LogP contribution in [0.25, 0.3) is 0 Å². The highest BCUT2D eigenvalue weighted by Crippen LogP contribution is 2.24. The molecule has 1 aromatic heterocycles. The third-order valence-electron chi connectivity index (χ3n) is 4.34. The minimum atomic E-state index is 0.680. The lowest BCUT2D eigenvalue weighted by atomic mass is 10.2. The number of aromatic nitrogens is 3. The lowest BCUT2D eigenvalue weighted by Crippen LogP contribution is -2.27. The second kappa shape index (κ2) is 7.40. The number of nitrogens with zero attached hydrogens (tertiary/aromatic N) is 5. The Hall–Kier alpha value is -2.17. The molecule has 1 aliphatic heterocycles. The maximum absolute atomic E-state index is 4.79. The van der Waals surface area contributed by atoms with Gasteiger partial charge in [0, 0.05) is 25.3 Å². The molecule has 23 heavy (non-hydrogen) atoms. The van der Waals surface area contributed by atoms with E-state index in [9.17, 15) is 0 Å². The van der Waals surface area contributed by atoms with Gasteiger partial charge in [0.15, 0.2) is 5.82 Å². The molecule has 2 heterocycles. The average Bonchev–Trinajstić information content (AvgIpc) is 2.85. The second-order valence-corrected chi connectivity index (χ2v) is 6.10. The minimum Gasteiger partial charge on any atom is -0.355 e. The van der Waals surface area contributed by atoms with Crippen LogP contribution in [0.5, 0.6) is 0 Å². The number of aryl methyl sites for hydroxylation is 1. The number of benzene rings is 1. The fraction of sp³-hybridized carbons (Fsp3) is 0.500. The molecule has 1 saturated heterocycles. The molecule has 1 aromatic carbocycles. The number of rotatable bonds is 4. The normalized spacial score (nSPS) is 15.3. The van der Waals surface area contributed by atoms with E-state index in [1.54, 1.807) is 6.20 Å². The van der Waals surface area contributed by atoms with Crippen molar-refractivity contribution in [2.24, 2.45) is 0 Å². The van der Waals surface area contributed by atoms with Crippen LogP contribution in [-0.4, -0.2) is 34.8 Å². The summed E-state index contributed by atoms with van der Waals surface area (Å²) in [6, 6.07) is 8.42. The molecule has 5 heteroatoms. The summed E-state index contributed by atoms with van der Waals surface area (Å²) in [5.74, 6) is 1.63. The lowest BCUT2D eigenvalue weighted by Gasteiger charge is -2.24. The molecule has 0 saturated carbocycles. The van der Waals surface area contributed by atoms with Crippen LogP contribution < -0.4 is 9.80 Å². The van der Waals surface area contributed by atoms with Crippen LogP contribution in [0.3, 0.4) is 0 Å². The van der Waals surface area contributed by atoms with Gasteiger partial charge in [-0.05, 0) is 44.4 Å². The zero-order chi connectivity index (χ0) is 16.1. The predicted octanol–water partition coefficient (Wildman–Crippen LogP) is 3.72. The molecular formula is C18H25N5. The van der Waals surface area contributed by atoms with Crippen molar-refractivity contribution in [1.29, 1.82) is 0 Å². The van der Waals surface area contributed by atoms with Crippen molar-refractivity contribution < 1.29 is 0 Å². The molecule has 0 amide bonds. The fourth-order valence-corrected chi connectivity index (χ4v) is 3.09. The first-order valence-electron chi connectivity index (χ1n) is 8.57. The molecule has 5 nitrogen and oxygen atoms in total. The number of anilines is 3. The van der Waals surface area contributed by atoms with E-state index in [1.807, 2.05) is 0 Å². The highest BCUT2D eigenvalue weighted by Gasteiger charge is 2.16. The zero-order valence-corrected chi connectivity index (χ0v) is 14.1. The van der Waals surface area contributed by atoms with Crippen LogP contribution in [0.1, 0.15) is 38.2 Å². The van der Waals surface area contributed by atoms with Crippen molar-refractivity contribution in [3.05, 3.63) is 36.0 Å². The maximum atomic E-state index is 4.79. The Morgan fingerprint density at radius 3 is 2.61 bits per heavy atom. The van der Waals surface area contributed by atoms with Gasteiger partial charge in [-0.2, -0.15) is 10.1 Å². The molecule has 122 valence electrons. The van der Waals surface area contributed by atoms with Crippen molar-refractivity contribution in [3.63, 3.8) is 0 Å². The molecule has 0 atom stereocenters. The molecule has 0 spiro atoms. The van der Waals surface area contributed by atoms with Crippen molar-refractivity contribution in [2.75, 3.05) is 29.4 Å². The zero-order valence-electron chi connectivity index (χ0n) is 14.1. The molecule has 2 aromatic rings. The van der Waals surface area contributed by atoms with Crippen molar-refractivity contribution in [1.82, 2.24) is 15.2 Å². The Morgan fingerprint density at radius 2 is 1.91 bits per heavy atom. The molecule has 0 aliphatic carbocycles.